The van der Waals surface area contributed by atoms with E-state index in [9.17, 15) is 17.6 Å². The topological polar surface area (TPSA) is 127 Å². The number of halogens is 2. The molecule has 0 aliphatic carbocycles. The molecule has 1 N–H and O–H groups in total. The average molecular weight is 641 g/mol. The van der Waals surface area contributed by atoms with Crippen LogP contribution in [0.5, 0.6) is 0 Å². The van der Waals surface area contributed by atoms with E-state index in [1.807, 2.05) is 13.0 Å². The zero-order valence-electron chi connectivity index (χ0n) is 25.1. The summed E-state index contributed by atoms with van der Waals surface area (Å²) in [5.41, 5.74) is 3.74. The van der Waals surface area contributed by atoms with Crippen molar-refractivity contribution in [1.82, 2.24) is 24.8 Å². The van der Waals surface area contributed by atoms with Crippen molar-refractivity contribution in [3.8, 4) is 11.3 Å². The molecular formula is C31H34ClFN6O4S. The maximum absolute atomic E-state index is 14.6. The number of amides is 1. The fourth-order valence-corrected chi connectivity index (χ4v) is 6.97. The van der Waals surface area contributed by atoms with Crippen molar-refractivity contribution in [3.63, 3.8) is 0 Å². The predicted octanol–water partition coefficient (Wildman–Crippen LogP) is 6.09. The molecular weight excluding hydrogens is 607 g/mol. The number of ether oxygens (including phenoxy) is 1. The molecule has 5 rings (SSSR count). The fraction of sp³-hybridized carbons (Fsp3) is 0.387. The first-order valence-electron chi connectivity index (χ1n) is 14.2. The van der Waals surface area contributed by atoms with Gasteiger partial charge in [-0.1, -0.05) is 23.7 Å². The van der Waals surface area contributed by atoms with Crippen LogP contribution in [0, 0.1) is 13.8 Å². The molecule has 0 unspecified atom stereocenters. The summed E-state index contributed by atoms with van der Waals surface area (Å²) < 4.78 is 45.9. The van der Waals surface area contributed by atoms with Gasteiger partial charge < -0.3 is 15.0 Å². The van der Waals surface area contributed by atoms with Crippen LogP contribution in [0.25, 0.3) is 22.3 Å². The summed E-state index contributed by atoms with van der Waals surface area (Å²) in [6.45, 7) is 9.25. The highest BCUT2D eigenvalue weighted by Gasteiger charge is 2.33. The number of nitrogens with zero attached hydrogens (tertiary/aromatic N) is 5. The van der Waals surface area contributed by atoms with Crippen molar-refractivity contribution < 1.29 is 22.3 Å². The summed E-state index contributed by atoms with van der Waals surface area (Å²) in [7, 11) is -3.69. The Bertz CT molecular complexity index is 1830. The van der Waals surface area contributed by atoms with Gasteiger partial charge in [0.2, 0.25) is 5.95 Å². The van der Waals surface area contributed by atoms with Crippen molar-refractivity contribution in [3.05, 3.63) is 70.6 Å². The van der Waals surface area contributed by atoms with Gasteiger partial charge >= 0.3 is 6.09 Å². The second-order valence-corrected chi connectivity index (χ2v) is 14.3. The van der Waals surface area contributed by atoms with Crippen molar-refractivity contribution in [2.45, 2.75) is 69.5 Å². The van der Waals surface area contributed by atoms with Crippen LogP contribution < -0.4 is 5.32 Å². The van der Waals surface area contributed by atoms with Gasteiger partial charge in [0.25, 0.3) is 0 Å². The number of piperidine rings is 1. The average Bonchev–Trinajstić information content (AvgIpc) is 2.92. The number of pyridine rings is 2. The van der Waals surface area contributed by atoms with Gasteiger partial charge in [-0.15, -0.1) is 0 Å². The number of hydrogen-bond acceptors (Lipinski definition) is 9. The van der Waals surface area contributed by atoms with Crippen LogP contribution in [-0.2, 0) is 20.3 Å². The highest BCUT2D eigenvalue weighted by molar-refractivity contribution is 7.90. The van der Waals surface area contributed by atoms with Gasteiger partial charge in [0, 0.05) is 30.3 Å². The number of hydrogen-bond donors (Lipinski definition) is 1. The maximum atomic E-state index is 14.6. The van der Waals surface area contributed by atoms with Crippen LogP contribution in [0.4, 0.5) is 15.1 Å². The lowest BCUT2D eigenvalue weighted by Crippen LogP contribution is -2.51. The highest BCUT2D eigenvalue weighted by Crippen LogP contribution is 2.28. The molecule has 0 saturated carbocycles. The van der Waals surface area contributed by atoms with E-state index in [4.69, 9.17) is 21.3 Å². The number of aryl methyl sites for hydroxylation is 2. The van der Waals surface area contributed by atoms with Gasteiger partial charge in [-0.3, -0.25) is 4.98 Å². The van der Waals surface area contributed by atoms with Crippen LogP contribution >= 0.6 is 11.6 Å². The van der Waals surface area contributed by atoms with Gasteiger partial charge in [-0.25, -0.2) is 32.6 Å². The van der Waals surface area contributed by atoms with Crippen LogP contribution in [0.15, 0.2) is 53.6 Å². The Balaban J connectivity index is 1.33. The summed E-state index contributed by atoms with van der Waals surface area (Å²) in [5.74, 6) is 0.0195. The molecule has 4 heterocycles. The van der Waals surface area contributed by atoms with Crippen LogP contribution in [0.2, 0.25) is 5.02 Å². The monoisotopic (exact) mass is 640 g/mol. The van der Waals surface area contributed by atoms with Crippen molar-refractivity contribution in [2.24, 2.45) is 0 Å². The quantitative estimate of drug-likeness (QED) is 0.266. The molecule has 232 valence electrons. The van der Waals surface area contributed by atoms with Crippen molar-refractivity contribution >= 4 is 44.5 Å². The SMILES string of the molecule is Cc1nc(CS(=O)(=O)c2ccccc2Cl)ccc1-c1cc(C)c2nc(N[C@H]3C[C@H](F)CN(C(=O)OC(C)(C)C)C3)ncc2n1. The molecule has 0 radical (unpaired) electrons. The van der Waals surface area contributed by atoms with E-state index in [2.05, 4.69) is 20.3 Å². The molecule has 44 heavy (non-hydrogen) atoms. The summed E-state index contributed by atoms with van der Waals surface area (Å²) >= 11 is 6.12. The fourth-order valence-electron chi connectivity index (χ4n) is 5.12. The minimum atomic E-state index is -3.69. The Labute approximate surface area is 261 Å². The molecule has 1 aromatic carbocycles. The molecule has 10 nitrogen and oxygen atoms in total. The number of rotatable bonds is 6. The zero-order valence-corrected chi connectivity index (χ0v) is 26.7. The van der Waals surface area contributed by atoms with Gasteiger partial charge in [0.05, 0.1) is 45.3 Å². The second kappa shape index (κ2) is 12.2. The van der Waals surface area contributed by atoms with E-state index in [0.717, 1.165) is 11.1 Å². The lowest BCUT2D eigenvalue weighted by molar-refractivity contribution is 0.0124. The minimum Gasteiger partial charge on any atom is -0.444 e. The number of aromatic nitrogens is 4. The van der Waals surface area contributed by atoms with E-state index in [0.29, 0.717) is 34.1 Å². The van der Waals surface area contributed by atoms with Gasteiger partial charge in [-0.2, -0.15) is 0 Å². The first-order chi connectivity index (χ1) is 20.7. The molecule has 1 aliphatic heterocycles. The summed E-state index contributed by atoms with van der Waals surface area (Å²) in [6, 6.07) is 11.3. The molecule has 1 aliphatic rings. The molecule has 1 amide bonds. The second-order valence-electron chi connectivity index (χ2n) is 11.9. The first-order valence-corrected chi connectivity index (χ1v) is 16.2. The van der Waals surface area contributed by atoms with E-state index in [1.165, 1.54) is 11.0 Å². The van der Waals surface area contributed by atoms with Crippen molar-refractivity contribution in [1.29, 1.82) is 0 Å². The number of sulfone groups is 1. The molecule has 1 fully saturated rings. The third-order valence-electron chi connectivity index (χ3n) is 7.05. The molecule has 13 heteroatoms. The molecule has 0 spiro atoms. The maximum Gasteiger partial charge on any atom is 0.410 e. The van der Waals surface area contributed by atoms with Crippen LogP contribution in [0.3, 0.4) is 0 Å². The van der Waals surface area contributed by atoms with Crippen LogP contribution in [0.1, 0.15) is 44.1 Å². The van der Waals surface area contributed by atoms with Crippen LogP contribution in [-0.4, -0.2) is 70.3 Å². The number of anilines is 1. The third kappa shape index (κ3) is 7.24. The smallest absolute Gasteiger partial charge is 0.410 e. The number of carbonyl (C=O) groups excluding carboxylic acids is 1. The van der Waals surface area contributed by atoms with E-state index in [-0.39, 0.29) is 35.2 Å². The molecule has 0 bridgehead atoms. The number of alkyl halides is 1. The normalized spacial score (nSPS) is 17.5. The lowest BCUT2D eigenvalue weighted by atomic mass is 10.0. The standard InChI is InChI=1S/C31H34ClFN6O4S/c1-18-12-25(23-11-10-21(35-19(23)2)17-44(41,42)27-9-7-6-8-24(27)32)37-26-14-34-29(38-28(18)26)36-22-13-20(33)15-39(16-22)30(40)43-31(3,4)5/h6-12,14,20,22H,13,15-17H2,1-5H3,(H,34,36,38)/t20-,22-/m0/s1. The predicted molar refractivity (Wildman–Crippen MR) is 167 cm³/mol. The third-order valence-corrected chi connectivity index (χ3v) is 9.19. The van der Waals surface area contributed by atoms with Gasteiger partial charge in [0.1, 0.15) is 17.3 Å². The summed E-state index contributed by atoms with van der Waals surface area (Å²) in [5, 5.41) is 3.34. The van der Waals surface area contributed by atoms with E-state index >= 15 is 0 Å². The Morgan fingerprint density at radius 1 is 1.11 bits per heavy atom. The number of carbonyl (C=O) groups is 1. The molecule has 1 saturated heterocycles. The van der Waals surface area contributed by atoms with Crippen molar-refractivity contribution in [2.75, 3.05) is 18.4 Å². The Morgan fingerprint density at radius 2 is 1.86 bits per heavy atom. The first kappa shape index (κ1) is 31.5. The lowest BCUT2D eigenvalue weighted by Gasteiger charge is -2.36. The Kier molecular flexibility index (Phi) is 8.77. The number of benzene rings is 1. The Morgan fingerprint density at radius 3 is 2.57 bits per heavy atom. The number of fused-ring (bicyclic) bond motifs is 1. The molecule has 3 aromatic heterocycles. The summed E-state index contributed by atoms with van der Waals surface area (Å²) in [6.07, 6.45) is 0.0349. The summed E-state index contributed by atoms with van der Waals surface area (Å²) in [4.78, 5) is 32.3. The number of likely N-dealkylation sites (tertiary alicyclic amines) is 1. The number of nitrogens with one attached hydrogen (secondary N) is 1. The molecule has 2 atom stereocenters. The zero-order chi connectivity index (χ0) is 31.8. The van der Waals surface area contributed by atoms with Gasteiger partial charge in [-0.05, 0) is 70.5 Å². The van der Waals surface area contributed by atoms with E-state index < -0.39 is 33.7 Å². The Hall–Kier alpha value is -3.90. The van der Waals surface area contributed by atoms with Gasteiger partial charge in [0.15, 0.2) is 9.84 Å². The molecule has 4 aromatic rings. The largest absolute Gasteiger partial charge is 0.444 e. The minimum absolute atomic E-state index is 0.0239. The van der Waals surface area contributed by atoms with E-state index in [1.54, 1.807) is 64.2 Å². The highest BCUT2D eigenvalue weighted by atomic mass is 35.5.